The number of benzene rings is 1. The third-order valence-electron chi connectivity index (χ3n) is 3.07. The number of rotatable bonds is 5. The summed E-state index contributed by atoms with van der Waals surface area (Å²) in [5.74, 6) is 6.42. The van der Waals surface area contributed by atoms with E-state index in [1.165, 1.54) is 27.8 Å². The first-order chi connectivity index (χ1) is 11.7. The van der Waals surface area contributed by atoms with Crippen molar-refractivity contribution < 1.29 is 4.79 Å². The summed E-state index contributed by atoms with van der Waals surface area (Å²) in [6.45, 7) is 0. The van der Waals surface area contributed by atoms with E-state index in [0.717, 1.165) is 5.56 Å². The van der Waals surface area contributed by atoms with Crippen LogP contribution in [0.25, 0.3) is 11.4 Å². The van der Waals surface area contributed by atoms with Gasteiger partial charge in [-0.05, 0) is 11.4 Å². The molecule has 1 amide bonds. The highest BCUT2D eigenvalue weighted by molar-refractivity contribution is 7.99. The third-order valence-corrected chi connectivity index (χ3v) is 4.84. The molecule has 0 aliphatic heterocycles. The summed E-state index contributed by atoms with van der Waals surface area (Å²) in [6.07, 6.45) is 0. The number of nitrogens with zero attached hydrogens (tertiary/aromatic N) is 4. The number of thioether (sulfide) groups is 1. The molecule has 9 heteroatoms. The van der Waals surface area contributed by atoms with Crippen molar-refractivity contribution in [3.63, 3.8) is 0 Å². The van der Waals surface area contributed by atoms with Crippen LogP contribution in [-0.4, -0.2) is 26.5 Å². The number of aromatic nitrogens is 3. The molecule has 2 heterocycles. The van der Waals surface area contributed by atoms with E-state index in [2.05, 4.69) is 15.5 Å². The average Bonchev–Trinajstić information content (AvgIpc) is 3.20. The molecule has 0 saturated carbocycles. The summed E-state index contributed by atoms with van der Waals surface area (Å²) in [6, 6.07) is 13.1. The van der Waals surface area contributed by atoms with Gasteiger partial charge in [0.1, 0.15) is 11.1 Å². The van der Waals surface area contributed by atoms with Crippen LogP contribution in [0.5, 0.6) is 0 Å². The summed E-state index contributed by atoms with van der Waals surface area (Å²) in [5.41, 5.74) is 1.30. The average molecular weight is 356 g/mol. The molecule has 0 unspecified atom stereocenters. The van der Waals surface area contributed by atoms with Gasteiger partial charge >= 0.3 is 0 Å². The van der Waals surface area contributed by atoms with Gasteiger partial charge < -0.3 is 11.2 Å². The zero-order valence-electron chi connectivity index (χ0n) is 12.3. The van der Waals surface area contributed by atoms with Gasteiger partial charge in [0.15, 0.2) is 5.82 Å². The molecule has 0 fully saturated rings. The highest BCUT2D eigenvalue weighted by Crippen LogP contribution is 2.24. The topological polar surface area (TPSA) is 110 Å². The van der Waals surface area contributed by atoms with Crippen LogP contribution < -0.4 is 11.2 Å². The van der Waals surface area contributed by atoms with Crippen LogP contribution in [0.3, 0.4) is 0 Å². The van der Waals surface area contributed by atoms with Gasteiger partial charge in [0, 0.05) is 5.56 Å². The highest BCUT2D eigenvalue weighted by atomic mass is 32.2. The smallest absolute Gasteiger partial charge is 0.235 e. The fourth-order valence-corrected chi connectivity index (χ4v) is 3.36. The molecule has 0 spiro atoms. The van der Waals surface area contributed by atoms with Gasteiger partial charge in [-0.1, -0.05) is 42.1 Å². The van der Waals surface area contributed by atoms with Crippen LogP contribution in [0.2, 0.25) is 0 Å². The summed E-state index contributed by atoms with van der Waals surface area (Å²) >= 11 is 2.49. The quantitative estimate of drug-likeness (QED) is 0.536. The minimum Gasteiger partial charge on any atom is -0.335 e. The van der Waals surface area contributed by atoms with Crippen molar-refractivity contribution in [2.24, 2.45) is 0 Å². The van der Waals surface area contributed by atoms with Crippen molar-refractivity contribution in [2.45, 2.75) is 5.16 Å². The molecular formula is C15H12N6OS2. The fourth-order valence-electron chi connectivity index (χ4n) is 1.95. The standard InChI is InChI=1S/C15H12N6OS2/c16-8-11-6-7-23-14(11)18-12(22)9-24-15-20-19-13(21(15)17)10-4-2-1-3-5-10/h1-7H,9,17H2,(H,18,22). The number of nitrogens with one attached hydrogen (secondary N) is 1. The van der Waals surface area contributed by atoms with Gasteiger partial charge in [0.2, 0.25) is 11.1 Å². The SMILES string of the molecule is N#Cc1ccsc1NC(=O)CSc1nnc(-c2ccccc2)n1N. The van der Waals surface area contributed by atoms with Crippen molar-refractivity contribution in [1.82, 2.24) is 14.9 Å². The maximum Gasteiger partial charge on any atom is 0.235 e. The monoisotopic (exact) mass is 356 g/mol. The Balaban J connectivity index is 1.64. The van der Waals surface area contributed by atoms with Crippen LogP contribution in [0, 0.1) is 11.3 Å². The Morgan fingerprint density at radius 2 is 2.12 bits per heavy atom. The number of anilines is 1. The number of nitrogens with two attached hydrogens (primary N) is 1. The highest BCUT2D eigenvalue weighted by Gasteiger charge is 2.14. The lowest BCUT2D eigenvalue weighted by molar-refractivity contribution is -0.113. The van der Waals surface area contributed by atoms with E-state index in [4.69, 9.17) is 11.1 Å². The van der Waals surface area contributed by atoms with Crippen LogP contribution in [0.15, 0.2) is 46.9 Å². The minimum absolute atomic E-state index is 0.118. The molecule has 1 aromatic carbocycles. The van der Waals surface area contributed by atoms with Crippen LogP contribution in [-0.2, 0) is 4.79 Å². The van der Waals surface area contributed by atoms with Gasteiger partial charge in [-0.2, -0.15) is 5.26 Å². The molecule has 24 heavy (non-hydrogen) atoms. The summed E-state index contributed by atoms with van der Waals surface area (Å²) in [7, 11) is 0. The van der Waals surface area contributed by atoms with Gasteiger partial charge in [0.05, 0.1) is 11.3 Å². The summed E-state index contributed by atoms with van der Waals surface area (Å²) < 4.78 is 1.36. The van der Waals surface area contributed by atoms with Gasteiger partial charge in [-0.25, -0.2) is 4.68 Å². The molecule has 0 aliphatic carbocycles. The summed E-state index contributed by atoms with van der Waals surface area (Å²) in [4.78, 5) is 12.0. The molecular weight excluding hydrogens is 344 g/mol. The zero-order chi connectivity index (χ0) is 16.9. The Morgan fingerprint density at radius 3 is 2.88 bits per heavy atom. The number of amides is 1. The third kappa shape index (κ3) is 3.40. The van der Waals surface area contributed by atoms with Crippen molar-refractivity contribution in [3.8, 4) is 17.5 Å². The Morgan fingerprint density at radius 1 is 1.33 bits per heavy atom. The second-order valence-electron chi connectivity index (χ2n) is 4.65. The number of hydrogen-bond donors (Lipinski definition) is 2. The fraction of sp³-hybridized carbons (Fsp3) is 0.0667. The molecule has 3 N–H and O–H groups in total. The van der Waals surface area contributed by atoms with E-state index in [9.17, 15) is 4.79 Å². The largest absolute Gasteiger partial charge is 0.335 e. The molecule has 3 rings (SSSR count). The van der Waals surface area contributed by atoms with E-state index < -0.39 is 0 Å². The lowest BCUT2D eigenvalue weighted by Gasteiger charge is -2.04. The van der Waals surface area contributed by atoms with E-state index >= 15 is 0 Å². The zero-order valence-corrected chi connectivity index (χ0v) is 14.0. The van der Waals surface area contributed by atoms with Gasteiger partial charge in [-0.15, -0.1) is 21.5 Å². The molecule has 0 saturated heterocycles. The molecule has 7 nitrogen and oxygen atoms in total. The lowest BCUT2D eigenvalue weighted by atomic mass is 10.2. The molecule has 0 aliphatic rings. The van der Waals surface area contributed by atoms with Crippen molar-refractivity contribution in [1.29, 1.82) is 5.26 Å². The minimum atomic E-state index is -0.233. The van der Waals surface area contributed by atoms with Crippen LogP contribution in [0.4, 0.5) is 5.00 Å². The van der Waals surface area contributed by atoms with Crippen LogP contribution >= 0.6 is 23.1 Å². The number of carbonyl (C=O) groups is 1. The molecule has 2 aromatic heterocycles. The van der Waals surface area contributed by atoms with E-state index in [0.29, 0.717) is 21.5 Å². The number of nitrogen functional groups attached to an aromatic ring is 1. The van der Waals surface area contributed by atoms with E-state index in [-0.39, 0.29) is 11.7 Å². The first-order valence-electron chi connectivity index (χ1n) is 6.85. The van der Waals surface area contributed by atoms with Gasteiger partial charge in [-0.3, -0.25) is 4.79 Å². The number of hydrogen-bond acceptors (Lipinski definition) is 7. The Hall–Kier alpha value is -2.83. The predicted octanol–water partition coefficient (Wildman–Crippen LogP) is 2.32. The van der Waals surface area contributed by atoms with Crippen LogP contribution in [0.1, 0.15) is 5.56 Å². The van der Waals surface area contributed by atoms with E-state index in [1.54, 1.807) is 11.4 Å². The Labute approximate surface area is 146 Å². The van der Waals surface area contributed by atoms with E-state index in [1.807, 2.05) is 36.4 Å². The number of carbonyl (C=O) groups excluding carboxylic acids is 1. The molecule has 120 valence electrons. The lowest BCUT2D eigenvalue weighted by Crippen LogP contribution is -2.16. The summed E-state index contributed by atoms with van der Waals surface area (Å²) in [5, 5.41) is 22.5. The maximum absolute atomic E-state index is 12.0. The first kappa shape index (κ1) is 16.0. The van der Waals surface area contributed by atoms with Crippen molar-refractivity contribution in [3.05, 3.63) is 47.3 Å². The molecule has 0 radical (unpaired) electrons. The van der Waals surface area contributed by atoms with Gasteiger partial charge in [0.25, 0.3) is 0 Å². The predicted molar refractivity (Wildman–Crippen MR) is 94.0 cm³/mol. The molecule has 0 atom stereocenters. The Kier molecular flexibility index (Phi) is 4.79. The maximum atomic E-state index is 12.0. The molecule has 3 aromatic rings. The number of nitriles is 1. The van der Waals surface area contributed by atoms with Crippen molar-refractivity contribution in [2.75, 3.05) is 16.9 Å². The second-order valence-corrected chi connectivity index (χ2v) is 6.51. The normalized spacial score (nSPS) is 10.3. The van der Waals surface area contributed by atoms with Crippen molar-refractivity contribution >= 4 is 34.0 Å². The Bertz CT molecular complexity index is 896. The number of thiophene rings is 1. The second kappa shape index (κ2) is 7.16. The first-order valence-corrected chi connectivity index (χ1v) is 8.71. The molecule has 0 bridgehead atoms.